The van der Waals surface area contributed by atoms with Gasteiger partial charge in [-0.1, -0.05) is 103 Å². The summed E-state index contributed by atoms with van der Waals surface area (Å²) in [7, 11) is 1.86. The molecule has 0 saturated heterocycles. The van der Waals surface area contributed by atoms with Crippen LogP contribution in [-0.2, 0) is 28.8 Å². The summed E-state index contributed by atoms with van der Waals surface area (Å²) in [6.45, 7) is 0. The number of hydrogen-bond donors (Lipinski definition) is 0. The lowest BCUT2D eigenvalue weighted by atomic mass is 10.0. The van der Waals surface area contributed by atoms with Gasteiger partial charge in [0.15, 0.2) is 0 Å². The average Bonchev–Trinajstić information content (AvgIpc) is 2.84. The zero-order valence-electron chi connectivity index (χ0n) is 18.0. The lowest BCUT2D eigenvalue weighted by molar-refractivity contribution is 0.414. The molecule has 0 heterocycles. The number of rotatable bonds is 9. The minimum absolute atomic E-state index is 0.135. The first-order valence-electron chi connectivity index (χ1n) is 10.7. The second-order valence-electron chi connectivity index (χ2n) is 7.75. The van der Waals surface area contributed by atoms with Gasteiger partial charge in [-0.25, -0.2) is 0 Å². The first-order chi connectivity index (χ1) is 15.3. The van der Waals surface area contributed by atoms with Crippen molar-refractivity contribution in [1.29, 1.82) is 0 Å². The van der Waals surface area contributed by atoms with Gasteiger partial charge < -0.3 is 4.74 Å². The molecule has 2 heteroatoms. The van der Waals surface area contributed by atoms with Gasteiger partial charge in [0.05, 0.1) is 7.11 Å². The first-order valence-corrected chi connectivity index (χ1v) is 12.4. The molecule has 2 atom stereocenters. The minimum Gasteiger partial charge on any atom is -0.497 e. The quantitative estimate of drug-likeness (QED) is 0.262. The van der Waals surface area contributed by atoms with Crippen LogP contribution in [0.15, 0.2) is 115 Å². The molecule has 0 aliphatic carbocycles. The fourth-order valence-corrected chi connectivity index (χ4v) is 6.62. The monoisotopic (exact) mass is 425 g/mol. The standard InChI is InChI=1S/C29H29OS/c1-30-28-19-17-26(18-20-28)23-31(22-25-13-7-3-8-14-25)29(27-15-9-4-10-16-27)21-24-11-5-2-6-12-24/h2-20,29H,21-23H2,1H3/q+1. The molecule has 0 amide bonds. The van der Waals surface area contributed by atoms with E-state index in [1.54, 1.807) is 7.11 Å². The fourth-order valence-electron chi connectivity index (χ4n) is 3.90. The minimum atomic E-state index is 0.135. The molecular weight excluding hydrogens is 396 g/mol. The summed E-state index contributed by atoms with van der Waals surface area (Å²) < 4.78 is 5.37. The van der Waals surface area contributed by atoms with Crippen molar-refractivity contribution >= 4 is 10.9 Å². The van der Waals surface area contributed by atoms with E-state index in [0.29, 0.717) is 5.25 Å². The summed E-state index contributed by atoms with van der Waals surface area (Å²) in [6, 6.07) is 41.5. The highest BCUT2D eigenvalue weighted by Crippen LogP contribution is 2.34. The molecule has 0 aliphatic heterocycles. The summed E-state index contributed by atoms with van der Waals surface area (Å²) in [4.78, 5) is 0. The number of hydrogen-bond acceptors (Lipinski definition) is 1. The highest BCUT2D eigenvalue weighted by Gasteiger charge is 2.33. The highest BCUT2D eigenvalue weighted by atomic mass is 32.2. The van der Waals surface area contributed by atoms with Crippen molar-refractivity contribution in [2.45, 2.75) is 23.2 Å². The molecular formula is C29H29OS+. The summed E-state index contributed by atoms with van der Waals surface area (Å²) >= 11 is 0. The van der Waals surface area contributed by atoms with Gasteiger partial charge in [0.2, 0.25) is 0 Å². The van der Waals surface area contributed by atoms with Crippen molar-refractivity contribution in [2.75, 3.05) is 7.11 Å². The van der Waals surface area contributed by atoms with Crippen LogP contribution >= 0.6 is 0 Å². The van der Waals surface area contributed by atoms with E-state index in [9.17, 15) is 0 Å². The molecule has 4 rings (SSSR count). The molecule has 2 unspecified atom stereocenters. The topological polar surface area (TPSA) is 9.23 Å². The summed E-state index contributed by atoms with van der Waals surface area (Å²) in [5.74, 6) is 3.06. The lowest BCUT2D eigenvalue weighted by Crippen LogP contribution is -2.21. The van der Waals surface area contributed by atoms with Crippen molar-refractivity contribution in [3.63, 3.8) is 0 Å². The third-order valence-corrected chi connectivity index (χ3v) is 8.20. The molecule has 31 heavy (non-hydrogen) atoms. The molecule has 0 saturated carbocycles. The van der Waals surface area contributed by atoms with E-state index in [0.717, 1.165) is 23.7 Å². The van der Waals surface area contributed by atoms with Crippen LogP contribution in [0, 0.1) is 0 Å². The van der Waals surface area contributed by atoms with Crippen molar-refractivity contribution in [3.05, 3.63) is 138 Å². The van der Waals surface area contributed by atoms with Gasteiger partial charge in [0.1, 0.15) is 22.5 Å². The van der Waals surface area contributed by atoms with Gasteiger partial charge in [-0.15, -0.1) is 0 Å². The van der Waals surface area contributed by atoms with Gasteiger partial charge in [-0.3, -0.25) is 0 Å². The maximum absolute atomic E-state index is 5.37. The van der Waals surface area contributed by atoms with E-state index in [1.807, 2.05) is 0 Å². The lowest BCUT2D eigenvalue weighted by Gasteiger charge is -2.21. The van der Waals surface area contributed by atoms with Gasteiger partial charge in [-0.05, 0) is 17.7 Å². The molecule has 0 N–H and O–H groups in total. The number of benzene rings is 4. The average molecular weight is 426 g/mol. The molecule has 0 radical (unpaired) electrons. The fraction of sp³-hybridized carbons (Fsp3) is 0.172. The van der Waals surface area contributed by atoms with Crippen molar-refractivity contribution < 1.29 is 4.74 Å². The predicted octanol–water partition coefficient (Wildman–Crippen LogP) is 7.00. The summed E-state index contributed by atoms with van der Waals surface area (Å²) in [5, 5.41) is 0.464. The van der Waals surface area contributed by atoms with Gasteiger partial charge in [0, 0.05) is 34.0 Å². The molecule has 4 aromatic rings. The Kier molecular flexibility index (Phi) is 7.46. The van der Waals surface area contributed by atoms with E-state index in [1.165, 1.54) is 22.3 Å². The summed E-state index contributed by atoms with van der Waals surface area (Å²) in [6.07, 6.45) is 1.05. The molecule has 0 aromatic heterocycles. The Morgan fingerprint density at radius 3 is 1.61 bits per heavy atom. The van der Waals surface area contributed by atoms with Crippen LogP contribution in [-0.4, -0.2) is 7.11 Å². The van der Waals surface area contributed by atoms with Gasteiger partial charge in [-0.2, -0.15) is 0 Å². The van der Waals surface area contributed by atoms with E-state index >= 15 is 0 Å². The molecule has 0 spiro atoms. The third kappa shape index (κ3) is 6.02. The molecule has 0 bridgehead atoms. The number of ether oxygens (including phenoxy) is 1. The van der Waals surface area contributed by atoms with Gasteiger partial charge >= 0.3 is 0 Å². The molecule has 0 fully saturated rings. The van der Waals surface area contributed by atoms with Crippen LogP contribution in [0.4, 0.5) is 0 Å². The van der Waals surface area contributed by atoms with E-state index in [2.05, 4.69) is 115 Å². The van der Waals surface area contributed by atoms with E-state index in [-0.39, 0.29) is 10.9 Å². The second-order valence-corrected chi connectivity index (χ2v) is 9.97. The Morgan fingerprint density at radius 1 is 0.581 bits per heavy atom. The molecule has 4 aromatic carbocycles. The van der Waals surface area contributed by atoms with E-state index < -0.39 is 0 Å². The van der Waals surface area contributed by atoms with Crippen LogP contribution < -0.4 is 4.74 Å². The Labute approximate surface area is 189 Å². The normalized spacial score (nSPS) is 12.8. The van der Waals surface area contributed by atoms with Crippen LogP contribution in [0.25, 0.3) is 0 Å². The third-order valence-electron chi connectivity index (χ3n) is 5.54. The molecule has 0 aliphatic rings. The van der Waals surface area contributed by atoms with Crippen LogP contribution in [0.3, 0.4) is 0 Å². The first kappa shape index (κ1) is 21.3. The largest absolute Gasteiger partial charge is 0.497 e. The summed E-state index contributed by atoms with van der Waals surface area (Å²) in [5.41, 5.74) is 5.61. The van der Waals surface area contributed by atoms with Crippen molar-refractivity contribution in [1.82, 2.24) is 0 Å². The predicted molar refractivity (Wildman–Crippen MR) is 134 cm³/mol. The van der Waals surface area contributed by atoms with Crippen LogP contribution in [0.2, 0.25) is 0 Å². The van der Waals surface area contributed by atoms with Crippen LogP contribution in [0.1, 0.15) is 27.5 Å². The zero-order chi connectivity index (χ0) is 21.3. The smallest absolute Gasteiger partial charge is 0.147 e. The second kappa shape index (κ2) is 10.9. The van der Waals surface area contributed by atoms with Gasteiger partial charge in [0.25, 0.3) is 0 Å². The van der Waals surface area contributed by atoms with Crippen molar-refractivity contribution in [3.8, 4) is 5.75 Å². The maximum atomic E-state index is 5.37. The molecule has 1 nitrogen and oxygen atoms in total. The zero-order valence-corrected chi connectivity index (χ0v) is 18.8. The Morgan fingerprint density at radius 2 is 1.06 bits per heavy atom. The SMILES string of the molecule is COc1ccc(C[S+](Cc2ccccc2)C(Cc2ccccc2)c2ccccc2)cc1. The molecule has 156 valence electrons. The number of methoxy groups -OCH3 is 1. The van der Waals surface area contributed by atoms with E-state index in [4.69, 9.17) is 4.74 Å². The Balaban J connectivity index is 1.68. The maximum Gasteiger partial charge on any atom is 0.147 e. The highest BCUT2D eigenvalue weighted by molar-refractivity contribution is 7.95. The Hall–Kier alpha value is -2.97. The van der Waals surface area contributed by atoms with Crippen LogP contribution in [0.5, 0.6) is 5.75 Å². The Bertz CT molecular complexity index is 1030. The van der Waals surface area contributed by atoms with Crippen molar-refractivity contribution in [2.24, 2.45) is 0 Å².